The van der Waals surface area contributed by atoms with Gasteiger partial charge >= 0.3 is 6.03 Å². The lowest BCUT2D eigenvalue weighted by molar-refractivity contribution is -0.0394. The van der Waals surface area contributed by atoms with Crippen molar-refractivity contribution in [2.24, 2.45) is 5.41 Å². The van der Waals surface area contributed by atoms with Crippen LogP contribution in [0.1, 0.15) is 20.3 Å². The molecule has 7 nitrogen and oxygen atoms in total. The van der Waals surface area contributed by atoms with E-state index in [9.17, 15) is 4.79 Å². The minimum Gasteiger partial charge on any atom is -0.381 e. The van der Waals surface area contributed by atoms with Crippen LogP contribution in [-0.2, 0) is 4.74 Å². The van der Waals surface area contributed by atoms with E-state index in [2.05, 4.69) is 29.1 Å². The van der Waals surface area contributed by atoms with Gasteiger partial charge in [-0.05, 0) is 6.42 Å². The quantitative estimate of drug-likeness (QED) is 0.922. The second-order valence-electron chi connectivity index (χ2n) is 6.52. The first kappa shape index (κ1) is 16.5. The minimum absolute atomic E-state index is 0.0599. The van der Waals surface area contributed by atoms with E-state index < -0.39 is 0 Å². The predicted molar refractivity (Wildman–Crippen MR) is 86.1 cm³/mol. The molecule has 0 unspecified atom stereocenters. The molecule has 0 radical (unpaired) electrons. The summed E-state index contributed by atoms with van der Waals surface area (Å²) in [4.78, 5) is 24.4. The Bertz CT molecular complexity index is 515. The molecule has 1 atom stereocenters. The van der Waals surface area contributed by atoms with Crippen molar-refractivity contribution >= 4 is 17.7 Å². The summed E-state index contributed by atoms with van der Waals surface area (Å²) in [7, 11) is 5.47. The zero-order valence-corrected chi connectivity index (χ0v) is 14.0. The molecule has 1 aliphatic heterocycles. The molecular weight excluding hydrogens is 282 g/mol. The lowest BCUT2D eigenvalue weighted by atomic mass is 9.81. The van der Waals surface area contributed by atoms with E-state index in [1.807, 2.05) is 23.9 Å². The molecule has 1 N–H and O–H groups in total. The highest BCUT2D eigenvalue weighted by Crippen LogP contribution is 2.31. The summed E-state index contributed by atoms with van der Waals surface area (Å²) in [5, 5.41) is 2.85. The van der Waals surface area contributed by atoms with E-state index in [1.54, 1.807) is 19.5 Å². The van der Waals surface area contributed by atoms with Gasteiger partial charge in [-0.15, -0.1) is 0 Å². The number of carbonyl (C=O) groups is 1. The van der Waals surface area contributed by atoms with Crippen LogP contribution in [0.3, 0.4) is 0 Å². The van der Waals surface area contributed by atoms with Crippen molar-refractivity contribution in [1.29, 1.82) is 0 Å². The van der Waals surface area contributed by atoms with Crippen molar-refractivity contribution in [3.8, 4) is 0 Å². The smallest absolute Gasteiger partial charge is 0.321 e. The highest BCUT2D eigenvalue weighted by molar-refractivity contribution is 5.89. The minimum atomic E-state index is -0.121. The van der Waals surface area contributed by atoms with Crippen LogP contribution < -0.4 is 10.2 Å². The first-order valence-corrected chi connectivity index (χ1v) is 7.41. The van der Waals surface area contributed by atoms with Gasteiger partial charge in [-0.3, -0.25) is 0 Å². The van der Waals surface area contributed by atoms with Crippen LogP contribution in [0, 0.1) is 5.41 Å². The third kappa shape index (κ3) is 3.65. The van der Waals surface area contributed by atoms with Crippen molar-refractivity contribution in [1.82, 2.24) is 14.9 Å². The van der Waals surface area contributed by atoms with Crippen molar-refractivity contribution in [3.63, 3.8) is 0 Å². The number of anilines is 2. The zero-order chi connectivity index (χ0) is 16.3. The normalized spacial score (nSPS) is 20.6. The number of rotatable bonds is 3. The summed E-state index contributed by atoms with van der Waals surface area (Å²) < 4.78 is 5.51. The Kier molecular flexibility index (Phi) is 4.85. The second kappa shape index (κ2) is 6.48. The van der Waals surface area contributed by atoms with E-state index in [0.29, 0.717) is 24.7 Å². The Morgan fingerprint density at radius 2 is 2.05 bits per heavy atom. The number of urea groups is 1. The Balaban J connectivity index is 1.98. The predicted octanol–water partition coefficient (Wildman–Crippen LogP) is 1.82. The second-order valence-corrected chi connectivity index (χ2v) is 6.52. The topological polar surface area (TPSA) is 70.6 Å². The fourth-order valence-electron chi connectivity index (χ4n) is 2.77. The molecule has 0 saturated carbocycles. The molecule has 1 aliphatic rings. The number of carbonyl (C=O) groups excluding carboxylic acids is 1. The molecule has 1 aromatic rings. The number of methoxy groups -OCH3 is 1. The van der Waals surface area contributed by atoms with Gasteiger partial charge in [0, 0.05) is 39.7 Å². The Labute approximate surface area is 131 Å². The number of hydrogen-bond acceptors (Lipinski definition) is 5. The van der Waals surface area contributed by atoms with Crippen LogP contribution in [0.5, 0.6) is 0 Å². The molecular formula is C15H25N5O2. The van der Waals surface area contributed by atoms with E-state index in [-0.39, 0.29) is 17.6 Å². The number of aromatic nitrogens is 2. The highest BCUT2D eigenvalue weighted by atomic mass is 16.5. The Hall–Kier alpha value is -1.89. The number of nitrogens with zero attached hydrogens (tertiary/aromatic N) is 4. The fraction of sp³-hybridized carbons (Fsp3) is 0.667. The SMILES string of the molecule is CO[C@H]1CCN(C(=O)Nc2cnc(N(C)C)nc2)CC1(C)C. The number of ether oxygens (including phenoxy) is 1. The van der Waals surface area contributed by atoms with Gasteiger partial charge in [-0.1, -0.05) is 13.8 Å². The van der Waals surface area contributed by atoms with Crippen LogP contribution in [0.4, 0.5) is 16.4 Å². The van der Waals surface area contributed by atoms with Crippen LogP contribution in [-0.4, -0.2) is 61.3 Å². The van der Waals surface area contributed by atoms with Gasteiger partial charge in [-0.25, -0.2) is 14.8 Å². The first-order chi connectivity index (χ1) is 10.3. The molecule has 0 aliphatic carbocycles. The lowest BCUT2D eigenvalue weighted by Gasteiger charge is -2.43. The Morgan fingerprint density at radius 3 is 2.55 bits per heavy atom. The lowest BCUT2D eigenvalue weighted by Crippen LogP contribution is -2.52. The van der Waals surface area contributed by atoms with Gasteiger partial charge in [0.25, 0.3) is 0 Å². The van der Waals surface area contributed by atoms with Gasteiger partial charge in [0.2, 0.25) is 5.95 Å². The van der Waals surface area contributed by atoms with Crippen LogP contribution in [0.15, 0.2) is 12.4 Å². The molecule has 0 spiro atoms. The molecule has 0 bridgehead atoms. The van der Waals surface area contributed by atoms with Crippen LogP contribution in [0.25, 0.3) is 0 Å². The molecule has 2 heterocycles. The monoisotopic (exact) mass is 307 g/mol. The van der Waals surface area contributed by atoms with Crippen LogP contribution in [0.2, 0.25) is 0 Å². The third-order valence-electron chi connectivity index (χ3n) is 3.99. The number of amides is 2. The molecule has 0 aromatic carbocycles. The summed E-state index contributed by atoms with van der Waals surface area (Å²) in [6.45, 7) is 5.59. The van der Waals surface area contributed by atoms with E-state index >= 15 is 0 Å². The summed E-state index contributed by atoms with van der Waals surface area (Å²) >= 11 is 0. The molecule has 2 rings (SSSR count). The van der Waals surface area contributed by atoms with Gasteiger partial charge in [-0.2, -0.15) is 0 Å². The summed E-state index contributed by atoms with van der Waals surface area (Å²) in [5.74, 6) is 0.611. The number of likely N-dealkylation sites (tertiary alicyclic amines) is 1. The van der Waals surface area contributed by atoms with Crippen molar-refractivity contribution in [2.45, 2.75) is 26.4 Å². The van der Waals surface area contributed by atoms with Crippen molar-refractivity contribution < 1.29 is 9.53 Å². The summed E-state index contributed by atoms with van der Waals surface area (Å²) in [5.41, 5.74) is 0.539. The molecule has 1 saturated heterocycles. The Morgan fingerprint density at radius 1 is 1.41 bits per heavy atom. The molecule has 22 heavy (non-hydrogen) atoms. The van der Waals surface area contributed by atoms with Gasteiger partial charge in [0.15, 0.2) is 0 Å². The maximum absolute atomic E-state index is 12.4. The highest BCUT2D eigenvalue weighted by Gasteiger charge is 2.37. The van der Waals surface area contributed by atoms with E-state index in [0.717, 1.165) is 6.42 Å². The summed E-state index contributed by atoms with van der Waals surface area (Å²) in [6.07, 6.45) is 4.26. The van der Waals surface area contributed by atoms with Crippen molar-refractivity contribution in [2.75, 3.05) is 44.5 Å². The molecule has 122 valence electrons. The van der Waals surface area contributed by atoms with Gasteiger partial charge < -0.3 is 19.9 Å². The van der Waals surface area contributed by atoms with Crippen molar-refractivity contribution in [3.05, 3.63) is 12.4 Å². The number of piperidine rings is 1. The maximum Gasteiger partial charge on any atom is 0.321 e. The van der Waals surface area contributed by atoms with Crippen LogP contribution >= 0.6 is 0 Å². The fourth-order valence-corrected chi connectivity index (χ4v) is 2.77. The third-order valence-corrected chi connectivity index (χ3v) is 3.99. The molecule has 1 fully saturated rings. The van der Waals surface area contributed by atoms with E-state index in [4.69, 9.17) is 4.74 Å². The molecule has 7 heteroatoms. The zero-order valence-electron chi connectivity index (χ0n) is 14.0. The number of nitrogens with one attached hydrogen (secondary N) is 1. The average Bonchev–Trinajstić information content (AvgIpc) is 2.46. The largest absolute Gasteiger partial charge is 0.381 e. The first-order valence-electron chi connectivity index (χ1n) is 7.41. The number of hydrogen-bond donors (Lipinski definition) is 1. The standard InChI is InChI=1S/C15H25N5O2/c1-15(2)10-20(7-6-12(15)22-5)14(21)18-11-8-16-13(17-9-11)19(3)4/h8-9,12H,6-7,10H2,1-5H3,(H,18,21)/t12-/m0/s1. The van der Waals surface area contributed by atoms with E-state index in [1.165, 1.54) is 0 Å². The maximum atomic E-state index is 12.4. The van der Waals surface area contributed by atoms with Gasteiger partial charge in [0.1, 0.15) is 0 Å². The average molecular weight is 307 g/mol. The summed E-state index contributed by atoms with van der Waals surface area (Å²) in [6, 6.07) is -0.121. The van der Waals surface area contributed by atoms with Gasteiger partial charge in [0.05, 0.1) is 24.2 Å². The molecule has 1 aromatic heterocycles. The molecule has 2 amide bonds.